The van der Waals surface area contributed by atoms with Crippen LogP contribution < -0.4 is 5.73 Å². The lowest BCUT2D eigenvalue weighted by molar-refractivity contribution is -0.0369. The highest BCUT2D eigenvalue weighted by Crippen LogP contribution is 2.07. The van der Waals surface area contributed by atoms with Gasteiger partial charge in [-0.25, -0.2) is 0 Å². The fraction of sp³-hybridized carbons (Fsp3) is 1.00. The number of nitrogens with two attached hydrogens (primary N) is 1. The van der Waals surface area contributed by atoms with Crippen molar-refractivity contribution in [3.8, 4) is 0 Å². The molecule has 4 heteroatoms. The van der Waals surface area contributed by atoms with Crippen molar-refractivity contribution in [2.24, 2.45) is 5.73 Å². The molecule has 0 aromatic heterocycles. The summed E-state index contributed by atoms with van der Waals surface area (Å²) in [6, 6.07) is 0. The number of rotatable bonds is 6. The highest BCUT2D eigenvalue weighted by Gasteiger charge is 2.17. The Labute approximate surface area is 86.3 Å². The maximum Gasteiger partial charge on any atom is 0.0700 e. The lowest BCUT2D eigenvalue weighted by Gasteiger charge is -2.32. The first-order chi connectivity index (χ1) is 6.86. The highest BCUT2D eigenvalue weighted by molar-refractivity contribution is 4.69. The van der Waals surface area contributed by atoms with E-state index >= 15 is 0 Å². The summed E-state index contributed by atoms with van der Waals surface area (Å²) >= 11 is 0. The molecule has 0 bridgehead atoms. The van der Waals surface area contributed by atoms with Crippen LogP contribution >= 0.6 is 0 Å². The molecule has 0 aromatic rings. The van der Waals surface area contributed by atoms with Crippen LogP contribution in [-0.4, -0.2) is 57.0 Å². The first kappa shape index (κ1) is 11.9. The topological polar surface area (TPSA) is 47.7 Å². The molecule has 1 saturated heterocycles. The smallest absolute Gasteiger partial charge is 0.0700 e. The molecule has 1 heterocycles. The predicted molar refractivity (Wildman–Crippen MR) is 56.3 cm³/mol. The average molecular weight is 202 g/mol. The largest absolute Gasteiger partial charge is 0.379 e. The minimum Gasteiger partial charge on any atom is -0.379 e. The predicted octanol–water partition coefficient (Wildman–Crippen LogP) is 0.0725. The Morgan fingerprint density at radius 1 is 1.50 bits per heavy atom. The van der Waals surface area contributed by atoms with Crippen LogP contribution in [0.4, 0.5) is 0 Å². The zero-order valence-corrected chi connectivity index (χ0v) is 9.08. The van der Waals surface area contributed by atoms with Gasteiger partial charge in [0.1, 0.15) is 0 Å². The van der Waals surface area contributed by atoms with Crippen molar-refractivity contribution in [1.82, 2.24) is 4.90 Å². The summed E-state index contributed by atoms with van der Waals surface area (Å²) in [5.41, 5.74) is 5.33. The third-order valence-electron chi connectivity index (χ3n) is 2.49. The number of nitrogens with zero attached hydrogens (tertiary/aromatic N) is 1. The van der Waals surface area contributed by atoms with E-state index in [0.717, 1.165) is 39.3 Å². The van der Waals surface area contributed by atoms with Crippen LogP contribution in [0.15, 0.2) is 0 Å². The summed E-state index contributed by atoms with van der Waals surface area (Å²) in [5.74, 6) is 0. The first-order valence-corrected chi connectivity index (χ1v) is 5.48. The van der Waals surface area contributed by atoms with E-state index in [0.29, 0.717) is 19.3 Å². The molecule has 14 heavy (non-hydrogen) atoms. The van der Waals surface area contributed by atoms with Gasteiger partial charge in [-0.1, -0.05) is 6.92 Å². The van der Waals surface area contributed by atoms with Gasteiger partial charge in [0.25, 0.3) is 0 Å². The van der Waals surface area contributed by atoms with Crippen molar-refractivity contribution in [3.05, 3.63) is 0 Å². The standard InChI is InChI=1S/C10H22N2O2/c1-2-10-9-12(5-8-14-10)4-7-13-6-3-11/h10H,2-9,11H2,1H3. The summed E-state index contributed by atoms with van der Waals surface area (Å²) in [7, 11) is 0. The second kappa shape index (κ2) is 7.17. The van der Waals surface area contributed by atoms with Gasteiger partial charge in [-0.3, -0.25) is 4.90 Å². The monoisotopic (exact) mass is 202 g/mol. The molecule has 0 saturated carbocycles. The van der Waals surface area contributed by atoms with Crippen molar-refractivity contribution < 1.29 is 9.47 Å². The SMILES string of the molecule is CCC1CN(CCOCCN)CCO1. The number of hydrogen-bond acceptors (Lipinski definition) is 4. The van der Waals surface area contributed by atoms with Crippen LogP contribution in [0.3, 0.4) is 0 Å². The number of hydrogen-bond donors (Lipinski definition) is 1. The molecule has 1 aliphatic rings. The van der Waals surface area contributed by atoms with E-state index in [9.17, 15) is 0 Å². The highest BCUT2D eigenvalue weighted by atomic mass is 16.5. The van der Waals surface area contributed by atoms with E-state index in [2.05, 4.69) is 11.8 Å². The average Bonchev–Trinajstić information content (AvgIpc) is 2.25. The maximum absolute atomic E-state index is 5.58. The van der Waals surface area contributed by atoms with Crippen LogP contribution in [0.5, 0.6) is 0 Å². The molecule has 0 aliphatic carbocycles. The van der Waals surface area contributed by atoms with Gasteiger partial charge in [-0.05, 0) is 6.42 Å². The molecule has 0 amide bonds. The molecular formula is C10H22N2O2. The molecule has 1 aliphatic heterocycles. The Morgan fingerprint density at radius 3 is 3.07 bits per heavy atom. The zero-order valence-electron chi connectivity index (χ0n) is 9.08. The fourth-order valence-corrected chi connectivity index (χ4v) is 1.61. The molecule has 1 atom stereocenters. The van der Waals surface area contributed by atoms with Gasteiger partial charge >= 0.3 is 0 Å². The summed E-state index contributed by atoms with van der Waals surface area (Å²) in [5, 5.41) is 0. The van der Waals surface area contributed by atoms with Crippen LogP contribution in [0.1, 0.15) is 13.3 Å². The molecule has 1 unspecified atom stereocenters. The normalized spacial score (nSPS) is 24.0. The molecule has 4 nitrogen and oxygen atoms in total. The first-order valence-electron chi connectivity index (χ1n) is 5.48. The Kier molecular flexibility index (Phi) is 6.10. The molecule has 84 valence electrons. The van der Waals surface area contributed by atoms with Crippen molar-refractivity contribution in [2.75, 3.05) is 46.0 Å². The number of ether oxygens (including phenoxy) is 2. The van der Waals surface area contributed by atoms with Gasteiger partial charge in [0.05, 0.1) is 25.9 Å². The minimum atomic E-state index is 0.415. The van der Waals surface area contributed by atoms with Gasteiger partial charge in [0.2, 0.25) is 0 Å². The lowest BCUT2D eigenvalue weighted by atomic mass is 10.2. The second-order valence-electron chi connectivity index (χ2n) is 3.60. The van der Waals surface area contributed by atoms with Gasteiger partial charge in [0, 0.05) is 26.2 Å². The molecule has 1 fully saturated rings. The van der Waals surface area contributed by atoms with Crippen LogP contribution in [0.25, 0.3) is 0 Å². The lowest BCUT2D eigenvalue weighted by Crippen LogP contribution is -2.43. The summed E-state index contributed by atoms with van der Waals surface area (Å²) in [6.07, 6.45) is 1.51. The Morgan fingerprint density at radius 2 is 2.36 bits per heavy atom. The second-order valence-corrected chi connectivity index (χ2v) is 3.60. The summed E-state index contributed by atoms with van der Waals surface area (Å²) in [4.78, 5) is 2.40. The van der Waals surface area contributed by atoms with Crippen LogP contribution in [0, 0.1) is 0 Å². The summed E-state index contributed by atoms with van der Waals surface area (Å²) in [6.45, 7) is 8.16. The Balaban J connectivity index is 2.05. The van der Waals surface area contributed by atoms with E-state index in [4.69, 9.17) is 15.2 Å². The zero-order chi connectivity index (χ0) is 10.2. The van der Waals surface area contributed by atoms with E-state index in [-0.39, 0.29) is 0 Å². The number of morpholine rings is 1. The quantitative estimate of drug-likeness (QED) is 0.619. The van der Waals surface area contributed by atoms with E-state index < -0.39 is 0 Å². The van der Waals surface area contributed by atoms with Crippen molar-refractivity contribution >= 4 is 0 Å². The third-order valence-corrected chi connectivity index (χ3v) is 2.49. The van der Waals surface area contributed by atoms with Gasteiger partial charge in [0.15, 0.2) is 0 Å². The minimum absolute atomic E-state index is 0.415. The van der Waals surface area contributed by atoms with E-state index in [1.54, 1.807) is 0 Å². The Hall–Kier alpha value is -0.160. The summed E-state index contributed by atoms with van der Waals surface area (Å²) < 4.78 is 10.9. The molecule has 2 N–H and O–H groups in total. The molecule has 0 radical (unpaired) electrons. The van der Waals surface area contributed by atoms with Crippen molar-refractivity contribution in [1.29, 1.82) is 0 Å². The molecular weight excluding hydrogens is 180 g/mol. The van der Waals surface area contributed by atoms with E-state index in [1.807, 2.05) is 0 Å². The fourth-order valence-electron chi connectivity index (χ4n) is 1.61. The van der Waals surface area contributed by atoms with Gasteiger partial charge in [-0.15, -0.1) is 0 Å². The van der Waals surface area contributed by atoms with Crippen molar-refractivity contribution in [3.63, 3.8) is 0 Å². The van der Waals surface area contributed by atoms with Gasteiger partial charge in [-0.2, -0.15) is 0 Å². The van der Waals surface area contributed by atoms with Crippen LogP contribution in [0.2, 0.25) is 0 Å². The molecule has 0 spiro atoms. The third kappa shape index (κ3) is 4.37. The van der Waals surface area contributed by atoms with Crippen LogP contribution in [-0.2, 0) is 9.47 Å². The molecule has 1 rings (SSSR count). The Bertz CT molecular complexity index is 144. The molecule has 0 aromatic carbocycles. The van der Waals surface area contributed by atoms with Crippen molar-refractivity contribution in [2.45, 2.75) is 19.4 Å². The maximum atomic E-state index is 5.58. The van der Waals surface area contributed by atoms with Gasteiger partial charge < -0.3 is 15.2 Å². The van der Waals surface area contributed by atoms with E-state index in [1.165, 1.54) is 0 Å².